The van der Waals surface area contributed by atoms with Gasteiger partial charge in [0.05, 0.1) is 17.2 Å². The van der Waals surface area contributed by atoms with E-state index in [0.717, 1.165) is 4.47 Å². The number of carbonyl (C=O) groups excluding carboxylic acids is 1. The summed E-state index contributed by atoms with van der Waals surface area (Å²) in [5.74, 6) is -1.94. The van der Waals surface area contributed by atoms with Crippen LogP contribution < -0.4 is 5.32 Å². The lowest BCUT2D eigenvalue weighted by atomic mass is 10.5. The van der Waals surface area contributed by atoms with Crippen LogP contribution in [0.3, 0.4) is 0 Å². The molecule has 4 nitrogen and oxygen atoms in total. The lowest BCUT2D eigenvalue weighted by Crippen LogP contribution is -2.38. The van der Waals surface area contributed by atoms with Crippen LogP contribution in [0.1, 0.15) is 0 Å². The molecule has 15 heavy (non-hydrogen) atoms. The first-order chi connectivity index (χ1) is 6.89. The van der Waals surface area contributed by atoms with E-state index in [1.54, 1.807) is 11.5 Å². The molecule has 0 spiro atoms. The SMILES string of the molecule is O=C(NCCn1cc(Br)cn1)C(F)(F)F. The Morgan fingerprint density at radius 1 is 1.60 bits per heavy atom. The fraction of sp³-hybridized carbons (Fsp3) is 0.429. The molecule has 8 heteroatoms. The largest absolute Gasteiger partial charge is 0.471 e. The van der Waals surface area contributed by atoms with Gasteiger partial charge in [0.15, 0.2) is 0 Å². The van der Waals surface area contributed by atoms with Crippen molar-refractivity contribution in [2.24, 2.45) is 0 Å². The second kappa shape index (κ2) is 4.65. The first-order valence-electron chi connectivity index (χ1n) is 3.92. The Hall–Kier alpha value is -1.05. The van der Waals surface area contributed by atoms with Crippen molar-refractivity contribution < 1.29 is 18.0 Å². The Morgan fingerprint density at radius 2 is 2.27 bits per heavy atom. The first-order valence-corrected chi connectivity index (χ1v) is 4.72. The zero-order valence-corrected chi connectivity index (χ0v) is 8.97. The van der Waals surface area contributed by atoms with Crippen LogP contribution in [0.5, 0.6) is 0 Å². The minimum Gasteiger partial charge on any atom is -0.346 e. The van der Waals surface area contributed by atoms with Crippen LogP contribution in [0.25, 0.3) is 0 Å². The standard InChI is InChI=1S/C7H7BrF3N3O/c8-5-3-13-14(4-5)2-1-12-6(15)7(9,10)11/h3-4H,1-2H2,(H,12,15). The second-order valence-electron chi connectivity index (χ2n) is 2.68. The van der Waals surface area contributed by atoms with Crippen molar-refractivity contribution in [1.82, 2.24) is 15.1 Å². The number of nitrogens with one attached hydrogen (secondary N) is 1. The van der Waals surface area contributed by atoms with Crippen LogP contribution in [-0.2, 0) is 11.3 Å². The Labute approximate surface area is 91.6 Å². The van der Waals surface area contributed by atoms with Crippen LogP contribution >= 0.6 is 15.9 Å². The van der Waals surface area contributed by atoms with Crippen LogP contribution in [0.15, 0.2) is 16.9 Å². The summed E-state index contributed by atoms with van der Waals surface area (Å²) in [6.07, 6.45) is -1.73. The van der Waals surface area contributed by atoms with Crippen LogP contribution in [-0.4, -0.2) is 28.4 Å². The molecule has 0 aliphatic heterocycles. The quantitative estimate of drug-likeness (QED) is 0.911. The minimum absolute atomic E-state index is 0.119. The second-order valence-corrected chi connectivity index (χ2v) is 3.59. The Balaban J connectivity index is 2.31. The van der Waals surface area contributed by atoms with Gasteiger partial charge in [-0.3, -0.25) is 9.48 Å². The summed E-state index contributed by atoms with van der Waals surface area (Å²) in [6, 6.07) is 0. The summed E-state index contributed by atoms with van der Waals surface area (Å²) in [6.45, 7) is 0.0693. The van der Waals surface area contributed by atoms with Crippen LogP contribution in [0, 0.1) is 0 Å². The van der Waals surface area contributed by atoms with Crippen molar-refractivity contribution in [2.45, 2.75) is 12.7 Å². The van der Waals surface area contributed by atoms with E-state index in [4.69, 9.17) is 0 Å². The fourth-order valence-corrected chi connectivity index (χ4v) is 1.17. The van der Waals surface area contributed by atoms with E-state index >= 15 is 0 Å². The Kier molecular flexibility index (Phi) is 3.72. The fourth-order valence-electron chi connectivity index (χ4n) is 0.845. The monoisotopic (exact) mass is 285 g/mol. The molecule has 1 amide bonds. The molecule has 1 aromatic rings. The number of rotatable bonds is 3. The maximum atomic E-state index is 11.7. The van der Waals surface area contributed by atoms with E-state index in [1.807, 2.05) is 0 Å². The van der Waals surface area contributed by atoms with Gasteiger partial charge in [-0.05, 0) is 15.9 Å². The summed E-state index contributed by atoms with van der Waals surface area (Å²) < 4.78 is 37.4. The third-order valence-corrected chi connectivity index (χ3v) is 1.90. The molecule has 0 aliphatic rings. The van der Waals surface area contributed by atoms with E-state index in [-0.39, 0.29) is 13.1 Å². The van der Waals surface area contributed by atoms with Gasteiger partial charge in [0.25, 0.3) is 0 Å². The topological polar surface area (TPSA) is 46.9 Å². The number of hydrogen-bond acceptors (Lipinski definition) is 2. The van der Waals surface area contributed by atoms with Crippen molar-refractivity contribution in [3.8, 4) is 0 Å². The van der Waals surface area contributed by atoms with Crippen LogP contribution in [0.4, 0.5) is 13.2 Å². The lowest BCUT2D eigenvalue weighted by Gasteiger charge is -2.07. The van der Waals surface area contributed by atoms with Gasteiger partial charge in [0, 0.05) is 12.7 Å². The first kappa shape index (κ1) is 12.0. The van der Waals surface area contributed by atoms with Crippen molar-refractivity contribution in [1.29, 1.82) is 0 Å². The molecule has 1 rings (SSSR count). The molecule has 0 saturated heterocycles. The van der Waals surface area contributed by atoms with E-state index in [9.17, 15) is 18.0 Å². The van der Waals surface area contributed by atoms with Crippen LogP contribution in [0.2, 0.25) is 0 Å². The number of alkyl halides is 3. The van der Waals surface area contributed by atoms with Gasteiger partial charge in [0.2, 0.25) is 0 Å². The Morgan fingerprint density at radius 3 is 2.73 bits per heavy atom. The van der Waals surface area contributed by atoms with Gasteiger partial charge in [-0.2, -0.15) is 18.3 Å². The molecule has 0 unspecified atom stereocenters. The third kappa shape index (κ3) is 3.90. The molecular weight excluding hydrogens is 279 g/mol. The zero-order chi connectivity index (χ0) is 11.5. The number of hydrogen-bond donors (Lipinski definition) is 1. The highest BCUT2D eigenvalue weighted by molar-refractivity contribution is 9.10. The van der Waals surface area contributed by atoms with Gasteiger partial charge in [0.1, 0.15) is 0 Å². The summed E-state index contributed by atoms with van der Waals surface area (Å²) in [5, 5.41) is 5.55. The molecule has 0 aliphatic carbocycles. The number of halogens is 4. The zero-order valence-electron chi connectivity index (χ0n) is 7.38. The molecule has 0 atom stereocenters. The number of aromatic nitrogens is 2. The van der Waals surface area contributed by atoms with E-state index in [2.05, 4.69) is 21.0 Å². The van der Waals surface area contributed by atoms with E-state index in [1.165, 1.54) is 10.9 Å². The maximum Gasteiger partial charge on any atom is 0.471 e. The number of carbonyl (C=O) groups is 1. The van der Waals surface area contributed by atoms with Gasteiger partial charge in [-0.1, -0.05) is 0 Å². The minimum atomic E-state index is -4.83. The van der Waals surface area contributed by atoms with Crippen molar-refractivity contribution in [3.63, 3.8) is 0 Å². The molecule has 0 fully saturated rings. The van der Waals surface area contributed by atoms with Gasteiger partial charge < -0.3 is 5.32 Å². The van der Waals surface area contributed by atoms with Crippen molar-refractivity contribution in [3.05, 3.63) is 16.9 Å². The van der Waals surface area contributed by atoms with Crippen molar-refractivity contribution >= 4 is 21.8 Å². The summed E-state index contributed by atoms with van der Waals surface area (Å²) >= 11 is 3.13. The smallest absolute Gasteiger partial charge is 0.346 e. The average molecular weight is 286 g/mol. The van der Waals surface area contributed by atoms with Crippen molar-refractivity contribution in [2.75, 3.05) is 6.54 Å². The maximum absolute atomic E-state index is 11.7. The predicted octanol–water partition coefficient (Wildman–Crippen LogP) is 1.32. The number of nitrogens with zero attached hydrogens (tertiary/aromatic N) is 2. The number of amides is 1. The normalized spacial score (nSPS) is 11.5. The average Bonchev–Trinajstić information content (AvgIpc) is 2.49. The molecule has 1 N–H and O–H groups in total. The van der Waals surface area contributed by atoms with Gasteiger partial charge >= 0.3 is 12.1 Å². The lowest BCUT2D eigenvalue weighted by molar-refractivity contribution is -0.173. The molecule has 0 radical (unpaired) electrons. The summed E-state index contributed by atoms with van der Waals surface area (Å²) in [4.78, 5) is 10.4. The molecule has 1 heterocycles. The highest BCUT2D eigenvalue weighted by Gasteiger charge is 2.38. The summed E-state index contributed by atoms with van der Waals surface area (Å²) in [7, 11) is 0. The molecule has 1 aromatic heterocycles. The molecule has 84 valence electrons. The molecule has 0 aromatic carbocycles. The van der Waals surface area contributed by atoms with E-state index < -0.39 is 12.1 Å². The predicted molar refractivity (Wildman–Crippen MR) is 49.0 cm³/mol. The Bertz CT molecular complexity index is 349. The van der Waals surface area contributed by atoms with Gasteiger partial charge in [-0.15, -0.1) is 0 Å². The summed E-state index contributed by atoms with van der Waals surface area (Å²) in [5.41, 5.74) is 0. The molecular formula is C7H7BrF3N3O. The van der Waals surface area contributed by atoms with E-state index in [0.29, 0.717) is 0 Å². The third-order valence-electron chi connectivity index (χ3n) is 1.49. The molecule has 0 saturated carbocycles. The highest BCUT2D eigenvalue weighted by atomic mass is 79.9. The van der Waals surface area contributed by atoms with Gasteiger partial charge in [-0.25, -0.2) is 0 Å². The molecule has 0 bridgehead atoms. The highest BCUT2D eigenvalue weighted by Crippen LogP contribution is 2.13.